The molecule has 0 aromatic carbocycles. The third kappa shape index (κ3) is 2.13. The van der Waals surface area contributed by atoms with Gasteiger partial charge in [0.1, 0.15) is 17.7 Å². The van der Waals surface area contributed by atoms with E-state index >= 15 is 0 Å². The summed E-state index contributed by atoms with van der Waals surface area (Å²) < 4.78 is 1.79. The molecule has 0 aliphatic heterocycles. The van der Waals surface area contributed by atoms with Gasteiger partial charge in [0.2, 0.25) is 5.95 Å². The topological polar surface area (TPSA) is 88.0 Å². The van der Waals surface area contributed by atoms with Crippen LogP contribution in [0.1, 0.15) is 29.5 Å². The number of carbonyl (C=O) groups is 1. The van der Waals surface area contributed by atoms with E-state index in [0.717, 1.165) is 24.2 Å². The van der Waals surface area contributed by atoms with Crippen molar-refractivity contribution in [2.75, 3.05) is 5.32 Å². The van der Waals surface area contributed by atoms with Crippen LogP contribution in [0.3, 0.4) is 0 Å². The van der Waals surface area contributed by atoms with Gasteiger partial charge in [-0.05, 0) is 18.6 Å². The highest BCUT2D eigenvalue weighted by atomic mass is 16.2. The number of fused-ring (bicyclic) bond motifs is 1. The molecule has 0 unspecified atom stereocenters. The van der Waals surface area contributed by atoms with E-state index in [2.05, 4.69) is 32.4 Å². The molecular weight excluding hydrogens is 256 g/mol. The molecule has 0 saturated heterocycles. The highest BCUT2D eigenvalue weighted by molar-refractivity contribution is 6.03. The van der Waals surface area contributed by atoms with Crippen molar-refractivity contribution in [1.29, 1.82) is 0 Å². The Morgan fingerprint density at radius 2 is 2.35 bits per heavy atom. The first-order chi connectivity index (χ1) is 9.79. The molecule has 0 spiro atoms. The number of imidazole rings is 1. The molecule has 0 fully saturated rings. The molecule has 3 rings (SSSR count). The Morgan fingerprint density at radius 3 is 3.10 bits per heavy atom. The van der Waals surface area contributed by atoms with Gasteiger partial charge in [-0.2, -0.15) is 10.1 Å². The molecule has 0 saturated carbocycles. The number of aryl methyl sites for hydroxylation is 1. The molecule has 0 atom stereocenters. The Balaban J connectivity index is 2.03. The fourth-order valence-corrected chi connectivity index (χ4v) is 2.13. The van der Waals surface area contributed by atoms with Crippen LogP contribution in [0.4, 0.5) is 5.95 Å². The van der Waals surface area contributed by atoms with Crippen molar-refractivity contribution >= 4 is 17.5 Å². The zero-order chi connectivity index (χ0) is 13.9. The van der Waals surface area contributed by atoms with Crippen molar-refractivity contribution in [3.8, 4) is 0 Å². The van der Waals surface area contributed by atoms with E-state index < -0.39 is 0 Å². The number of pyridine rings is 1. The SMILES string of the molecule is CCCc1nc2ccccn2c1C(=O)Nc1ncn[nH]1. The summed E-state index contributed by atoms with van der Waals surface area (Å²) in [4.78, 5) is 20.8. The van der Waals surface area contributed by atoms with Crippen LogP contribution in [-0.4, -0.2) is 30.5 Å². The molecule has 0 aliphatic carbocycles. The zero-order valence-corrected chi connectivity index (χ0v) is 11.0. The molecule has 3 heterocycles. The van der Waals surface area contributed by atoms with E-state index in [4.69, 9.17) is 0 Å². The first-order valence-corrected chi connectivity index (χ1v) is 6.42. The number of aromatic amines is 1. The molecule has 1 amide bonds. The van der Waals surface area contributed by atoms with Crippen molar-refractivity contribution in [1.82, 2.24) is 24.6 Å². The molecule has 3 aromatic heterocycles. The van der Waals surface area contributed by atoms with E-state index in [1.807, 2.05) is 24.4 Å². The normalized spacial score (nSPS) is 10.8. The molecule has 20 heavy (non-hydrogen) atoms. The number of aromatic nitrogens is 5. The minimum Gasteiger partial charge on any atom is -0.295 e. The molecule has 0 radical (unpaired) electrons. The average molecular weight is 270 g/mol. The van der Waals surface area contributed by atoms with Crippen LogP contribution in [0, 0.1) is 0 Å². The van der Waals surface area contributed by atoms with Gasteiger partial charge < -0.3 is 0 Å². The number of rotatable bonds is 4. The molecule has 0 aliphatic rings. The summed E-state index contributed by atoms with van der Waals surface area (Å²) in [5, 5.41) is 9.00. The van der Waals surface area contributed by atoms with Crippen molar-refractivity contribution in [3.05, 3.63) is 42.1 Å². The van der Waals surface area contributed by atoms with Gasteiger partial charge in [-0.3, -0.25) is 14.5 Å². The van der Waals surface area contributed by atoms with Crippen molar-refractivity contribution < 1.29 is 4.79 Å². The second kappa shape index (κ2) is 5.12. The van der Waals surface area contributed by atoms with Crippen molar-refractivity contribution in [2.45, 2.75) is 19.8 Å². The summed E-state index contributed by atoms with van der Waals surface area (Å²) in [6.07, 6.45) is 4.85. The van der Waals surface area contributed by atoms with Gasteiger partial charge in [0, 0.05) is 6.20 Å². The van der Waals surface area contributed by atoms with E-state index in [9.17, 15) is 4.79 Å². The number of nitrogens with zero attached hydrogens (tertiary/aromatic N) is 4. The monoisotopic (exact) mass is 270 g/mol. The fraction of sp³-hybridized carbons (Fsp3) is 0.231. The Hall–Kier alpha value is -2.70. The number of amides is 1. The van der Waals surface area contributed by atoms with Gasteiger partial charge >= 0.3 is 0 Å². The lowest BCUT2D eigenvalue weighted by molar-refractivity contribution is 0.101. The highest BCUT2D eigenvalue weighted by Gasteiger charge is 2.19. The Kier molecular flexibility index (Phi) is 3.16. The van der Waals surface area contributed by atoms with E-state index in [0.29, 0.717) is 11.6 Å². The lowest BCUT2D eigenvalue weighted by Crippen LogP contribution is -2.17. The number of H-pyrrole nitrogens is 1. The van der Waals surface area contributed by atoms with Crippen LogP contribution >= 0.6 is 0 Å². The number of hydrogen-bond donors (Lipinski definition) is 2. The third-order valence-corrected chi connectivity index (χ3v) is 2.95. The van der Waals surface area contributed by atoms with Crippen LogP contribution in [0.15, 0.2) is 30.7 Å². The van der Waals surface area contributed by atoms with Crippen LogP contribution in [0.25, 0.3) is 5.65 Å². The second-order valence-corrected chi connectivity index (χ2v) is 4.37. The van der Waals surface area contributed by atoms with Gasteiger partial charge in [-0.25, -0.2) is 10.1 Å². The predicted molar refractivity (Wildman–Crippen MR) is 73.5 cm³/mol. The first-order valence-electron chi connectivity index (χ1n) is 6.42. The smallest absolute Gasteiger partial charge is 0.276 e. The largest absolute Gasteiger partial charge is 0.295 e. The van der Waals surface area contributed by atoms with Gasteiger partial charge in [-0.1, -0.05) is 19.4 Å². The standard InChI is InChI=1S/C13H14N6O/c1-2-5-9-11(12(20)17-13-14-8-15-18-13)19-7-4-3-6-10(19)16-9/h3-4,6-8H,2,5H2,1H3,(H2,14,15,17,18,20). The number of anilines is 1. The summed E-state index contributed by atoms with van der Waals surface area (Å²) in [6, 6.07) is 5.65. The van der Waals surface area contributed by atoms with Gasteiger partial charge in [0.15, 0.2) is 0 Å². The van der Waals surface area contributed by atoms with E-state index in [-0.39, 0.29) is 5.91 Å². The van der Waals surface area contributed by atoms with Crippen molar-refractivity contribution in [2.24, 2.45) is 0 Å². The second-order valence-electron chi connectivity index (χ2n) is 4.37. The molecule has 7 nitrogen and oxygen atoms in total. The van der Waals surface area contributed by atoms with Crippen LogP contribution in [0.5, 0.6) is 0 Å². The fourth-order valence-electron chi connectivity index (χ4n) is 2.13. The minimum atomic E-state index is -0.246. The maximum Gasteiger partial charge on any atom is 0.276 e. The van der Waals surface area contributed by atoms with E-state index in [1.165, 1.54) is 6.33 Å². The molecule has 102 valence electrons. The van der Waals surface area contributed by atoms with Crippen LogP contribution in [0.2, 0.25) is 0 Å². The molecule has 7 heteroatoms. The maximum absolute atomic E-state index is 12.4. The summed E-state index contributed by atoms with van der Waals surface area (Å²) >= 11 is 0. The van der Waals surface area contributed by atoms with Gasteiger partial charge in [0.05, 0.1) is 5.69 Å². The summed E-state index contributed by atoms with van der Waals surface area (Å²) in [6.45, 7) is 2.06. The quantitative estimate of drug-likeness (QED) is 0.754. The lowest BCUT2D eigenvalue weighted by Gasteiger charge is -2.04. The van der Waals surface area contributed by atoms with Gasteiger partial charge in [-0.15, -0.1) is 0 Å². The molecular formula is C13H14N6O. The summed E-state index contributed by atoms with van der Waals surface area (Å²) in [5.41, 5.74) is 2.09. The van der Waals surface area contributed by atoms with E-state index in [1.54, 1.807) is 4.40 Å². The third-order valence-electron chi connectivity index (χ3n) is 2.95. The van der Waals surface area contributed by atoms with Gasteiger partial charge in [0.25, 0.3) is 5.91 Å². The first kappa shape index (κ1) is 12.3. The summed E-state index contributed by atoms with van der Waals surface area (Å²) in [5.74, 6) is 0.0761. The number of carbonyl (C=O) groups excluding carboxylic acids is 1. The number of nitrogens with one attached hydrogen (secondary N) is 2. The molecule has 3 aromatic rings. The predicted octanol–water partition coefficient (Wildman–Crippen LogP) is 1.66. The summed E-state index contributed by atoms with van der Waals surface area (Å²) in [7, 11) is 0. The Labute approximate surface area is 115 Å². The average Bonchev–Trinajstić information content (AvgIpc) is 3.05. The van der Waals surface area contributed by atoms with Crippen LogP contribution < -0.4 is 5.32 Å². The molecule has 2 N–H and O–H groups in total. The lowest BCUT2D eigenvalue weighted by atomic mass is 10.2. The van der Waals surface area contributed by atoms with Crippen molar-refractivity contribution in [3.63, 3.8) is 0 Å². The highest BCUT2D eigenvalue weighted by Crippen LogP contribution is 2.15. The Morgan fingerprint density at radius 1 is 1.45 bits per heavy atom. The molecule has 0 bridgehead atoms. The minimum absolute atomic E-state index is 0.246. The van der Waals surface area contributed by atoms with Crippen LogP contribution in [-0.2, 0) is 6.42 Å². The maximum atomic E-state index is 12.4. The Bertz CT molecular complexity index is 730. The number of hydrogen-bond acceptors (Lipinski definition) is 4. The zero-order valence-electron chi connectivity index (χ0n) is 11.0.